The van der Waals surface area contributed by atoms with E-state index in [1.807, 2.05) is 4.90 Å². The van der Waals surface area contributed by atoms with Crippen molar-refractivity contribution in [1.82, 2.24) is 4.90 Å². The summed E-state index contributed by atoms with van der Waals surface area (Å²) in [5.41, 5.74) is 0.985. The quantitative estimate of drug-likeness (QED) is 0.745. The molecule has 0 unspecified atom stereocenters. The van der Waals surface area contributed by atoms with Gasteiger partial charge in [-0.1, -0.05) is 12.1 Å². The normalized spacial score (nSPS) is 15.1. The molecule has 2 rings (SSSR count). The monoisotopic (exact) mass is 207 g/mol. The van der Waals surface area contributed by atoms with Gasteiger partial charge in [-0.25, -0.2) is 4.39 Å². The van der Waals surface area contributed by atoms with Gasteiger partial charge in [0.15, 0.2) is 0 Å². The number of carbonyl (C=O) groups is 1. The molecule has 0 aliphatic heterocycles. The van der Waals surface area contributed by atoms with Crippen molar-refractivity contribution in [1.29, 1.82) is 0 Å². The van der Waals surface area contributed by atoms with Crippen molar-refractivity contribution in [3.8, 4) is 0 Å². The second-order valence-corrected chi connectivity index (χ2v) is 4.00. The van der Waals surface area contributed by atoms with E-state index < -0.39 is 0 Å². The molecule has 3 heteroatoms. The summed E-state index contributed by atoms with van der Waals surface area (Å²) in [7, 11) is 0. The maximum absolute atomic E-state index is 12.7. The summed E-state index contributed by atoms with van der Waals surface area (Å²) in [6, 6.07) is 6.73. The van der Waals surface area contributed by atoms with Crippen molar-refractivity contribution in [3.63, 3.8) is 0 Å². The fourth-order valence-corrected chi connectivity index (χ4v) is 1.67. The first-order valence-electron chi connectivity index (χ1n) is 5.18. The van der Waals surface area contributed by atoms with Crippen LogP contribution in [-0.4, -0.2) is 16.8 Å². The molecular formula is C12H14FNO. The molecule has 0 radical (unpaired) electrons. The van der Waals surface area contributed by atoms with E-state index in [4.69, 9.17) is 0 Å². The van der Waals surface area contributed by atoms with Crippen LogP contribution in [-0.2, 0) is 11.3 Å². The Labute approximate surface area is 88.7 Å². The number of amides is 1. The van der Waals surface area contributed by atoms with Crippen molar-refractivity contribution in [3.05, 3.63) is 35.6 Å². The zero-order valence-electron chi connectivity index (χ0n) is 8.74. The van der Waals surface area contributed by atoms with E-state index in [1.54, 1.807) is 19.1 Å². The standard InChI is InChI=1S/C12H14FNO/c1-9(15)14(12-6-7-12)8-10-2-4-11(13)5-3-10/h2-5,12H,6-8H2,1H3. The Morgan fingerprint density at radius 2 is 2.00 bits per heavy atom. The van der Waals surface area contributed by atoms with Crippen molar-refractivity contribution < 1.29 is 9.18 Å². The van der Waals surface area contributed by atoms with Crippen molar-refractivity contribution >= 4 is 5.91 Å². The second-order valence-electron chi connectivity index (χ2n) is 4.00. The van der Waals surface area contributed by atoms with Gasteiger partial charge in [0, 0.05) is 19.5 Å². The van der Waals surface area contributed by atoms with Crippen molar-refractivity contribution in [2.45, 2.75) is 32.4 Å². The Hall–Kier alpha value is -1.38. The van der Waals surface area contributed by atoms with E-state index in [1.165, 1.54) is 12.1 Å². The van der Waals surface area contributed by atoms with E-state index in [9.17, 15) is 9.18 Å². The maximum atomic E-state index is 12.7. The first-order chi connectivity index (χ1) is 7.16. The number of hydrogen-bond donors (Lipinski definition) is 0. The molecule has 1 aliphatic carbocycles. The number of carbonyl (C=O) groups excluding carboxylic acids is 1. The Kier molecular flexibility index (Phi) is 2.71. The average molecular weight is 207 g/mol. The maximum Gasteiger partial charge on any atom is 0.219 e. The molecule has 15 heavy (non-hydrogen) atoms. The zero-order valence-corrected chi connectivity index (χ0v) is 8.74. The third kappa shape index (κ3) is 2.55. The molecule has 0 atom stereocenters. The Morgan fingerprint density at radius 1 is 1.40 bits per heavy atom. The lowest BCUT2D eigenvalue weighted by atomic mass is 10.2. The summed E-state index contributed by atoms with van der Waals surface area (Å²) in [4.78, 5) is 13.2. The molecule has 1 aromatic rings. The number of halogens is 1. The molecule has 1 amide bonds. The highest BCUT2D eigenvalue weighted by atomic mass is 19.1. The van der Waals surface area contributed by atoms with Crippen LogP contribution >= 0.6 is 0 Å². The number of benzene rings is 1. The van der Waals surface area contributed by atoms with Gasteiger partial charge in [0.1, 0.15) is 5.82 Å². The highest BCUT2D eigenvalue weighted by Crippen LogP contribution is 2.28. The Bertz CT molecular complexity index is 356. The van der Waals surface area contributed by atoms with Gasteiger partial charge in [0.05, 0.1) is 0 Å². The molecule has 1 aromatic carbocycles. The predicted molar refractivity (Wildman–Crippen MR) is 55.6 cm³/mol. The summed E-state index contributed by atoms with van der Waals surface area (Å²) < 4.78 is 12.7. The lowest BCUT2D eigenvalue weighted by Gasteiger charge is -2.20. The van der Waals surface area contributed by atoms with Crippen LogP contribution in [0.2, 0.25) is 0 Å². The minimum absolute atomic E-state index is 0.0989. The molecule has 1 fully saturated rings. The first-order valence-corrected chi connectivity index (χ1v) is 5.18. The molecule has 2 nitrogen and oxygen atoms in total. The Balaban J connectivity index is 2.05. The van der Waals surface area contributed by atoms with Crippen LogP contribution in [0.3, 0.4) is 0 Å². The number of nitrogens with zero attached hydrogens (tertiary/aromatic N) is 1. The summed E-state index contributed by atoms with van der Waals surface area (Å²) >= 11 is 0. The van der Waals surface area contributed by atoms with Gasteiger partial charge in [-0.05, 0) is 30.5 Å². The fourth-order valence-electron chi connectivity index (χ4n) is 1.67. The van der Waals surface area contributed by atoms with Gasteiger partial charge in [0.2, 0.25) is 5.91 Å². The van der Waals surface area contributed by atoms with E-state index in [0.717, 1.165) is 18.4 Å². The van der Waals surface area contributed by atoms with Gasteiger partial charge in [-0.15, -0.1) is 0 Å². The zero-order chi connectivity index (χ0) is 10.8. The molecular weight excluding hydrogens is 193 g/mol. The third-order valence-electron chi connectivity index (χ3n) is 2.66. The van der Waals surface area contributed by atoms with Crippen LogP contribution in [0.25, 0.3) is 0 Å². The third-order valence-corrected chi connectivity index (χ3v) is 2.66. The average Bonchev–Trinajstić information content (AvgIpc) is 3.00. The second kappa shape index (κ2) is 4.01. The van der Waals surface area contributed by atoms with Crippen LogP contribution in [0.4, 0.5) is 4.39 Å². The first kappa shape index (κ1) is 10.1. The van der Waals surface area contributed by atoms with Gasteiger partial charge in [0.25, 0.3) is 0 Å². The molecule has 80 valence electrons. The Morgan fingerprint density at radius 3 is 2.47 bits per heavy atom. The largest absolute Gasteiger partial charge is 0.336 e. The highest BCUT2D eigenvalue weighted by molar-refractivity contribution is 5.74. The molecule has 0 N–H and O–H groups in total. The van der Waals surface area contributed by atoms with Gasteiger partial charge in [-0.2, -0.15) is 0 Å². The van der Waals surface area contributed by atoms with Crippen LogP contribution in [0.15, 0.2) is 24.3 Å². The minimum Gasteiger partial charge on any atom is -0.336 e. The summed E-state index contributed by atoms with van der Waals surface area (Å²) in [5.74, 6) is -0.138. The number of hydrogen-bond acceptors (Lipinski definition) is 1. The summed E-state index contributed by atoms with van der Waals surface area (Å²) in [6.45, 7) is 2.18. The molecule has 1 aliphatic rings. The SMILES string of the molecule is CC(=O)N(Cc1ccc(F)cc1)C1CC1. The van der Waals surface area contributed by atoms with E-state index in [2.05, 4.69) is 0 Å². The van der Waals surface area contributed by atoms with E-state index in [-0.39, 0.29) is 11.7 Å². The summed E-state index contributed by atoms with van der Waals surface area (Å²) in [6.07, 6.45) is 2.20. The van der Waals surface area contributed by atoms with Gasteiger partial charge < -0.3 is 4.90 Å². The molecule has 0 saturated heterocycles. The topological polar surface area (TPSA) is 20.3 Å². The smallest absolute Gasteiger partial charge is 0.219 e. The number of rotatable bonds is 3. The molecule has 0 heterocycles. The lowest BCUT2D eigenvalue weighted by molar-refractivity contribution is -0.130. The fraction of sp³-hybridized carbons (Fsp3) is 0.417. The molecule has 0 bridgehead atoms. The van der Waals surface area contributed by atoms with Gasteiger partial charge >= 0.3 is 0 Å². The van der Waals surface area contributed by atoms with Crippen LogP contribution in [0.5, 0.6) is 0 Å². The highest BCUT2D eigenvalue weighted by Gasteiger charge is 2.30. The van der Waals surface area contributed by atoms with Gasteiger partial charge in [-0.3, -0.25) is 4.79 Å². The van der Waals surface area contributed by atoms with Crippen LogP contribution in [0.1, 0.15) is 25.3 Å². The minimum atomic E-state index is -0.237. The molecule has 0 spiro atoms. The molecule has 1 saturated carbocycles. The van der Waals surface area contributed by atoms with Crippen molar-refractivity contribution in [2.75, 3.05) is 0 Å². The van der Waals surface area contributed by atoms with Crippen molar-refractivity contribution in [2.24, 2.45) is 0 Å². The van der Waals surface area contributed by atoms with E-state index >= 15 is 0 Å². The lowest BCUT2D eigenvalue weighted by Crippen LogP contribution is -2.30. The summed E-state index contributed by atoms with van der Waals surface area (Å²) in [5, 5.41) is 0. The molecule has 0 aromatic heterocycles. The predicted octanol–water partition coefficient (Wildman–Crippen LogP) is 2.34. The van der Waals surface area contributed by atoms with Crippen LogP contribution in [0, 0.1) is 5.82 Å². The van der Waals surface area contributed by atoms with E-state index in [0.29, 0.717) is 12.6 Å². The van der Waals surface area contributed by atoms with Crippen LogP contribution < -0.4 is 0 Å².